The highest BCUT2D eigenvalue weighted by Gasteiger charge is 2.30. The molecule has 8 heteroatoms. The number of alkyl halides is 3. The van der Waals surface area contributed by atoms with E-state index in [1.807, 2.05) is 25.1 Å². The summed E-state index contributed by atoms with van der Waals surface area (Å²) in [6.45, 7) is 3.34. The Morgan fingerprint density at radius 3 is 2.32 bits per heavy atom. The number of para-hydroxylation sites is 1. The molecule has 0 saturated carbocycles. The maximum Gasteiger partial charge on any atom is 0.416 e. The van der Waals surface area contributed by atoms with Crippen LogP contribution in [0.3, 0.4) is 0 Å². The zero-order valence-corrected chi connectivity index (χ0v) is 15.4. The van der Waals surface area contributed by atoms with Gasteiger partial charge in [-0.2, -0.15) is 13.2 Å². The van der Waals surface area contributed by atoms with Gasteiger partial charge in [-0.1, -0.05) is 18.2 Å². The number of amides is 1. The molecule has 2 aromatic rings. The van der Waals surface area contributed by atoms with Crippen molar-refractivity contribution in [3.05, 3.63) is 59.7 Å². The van der Waals surface area contributed by atoms with Crippen LogP contribution in [0.1, 0.15) is 24.5 Å². The quantitative estimate of drug-likeness (QED) is 0.708. The van der Waals surface area contributed by atoms with Crippen molar-refractivity contribution in [2.45, 2.75) is 32.5 Å². The van der Waals surface area contributed by atoms with E-state index >= 15 is 0 Å². The van der Waals surface area contributed by atoms with Crippen LogP contribution in [-0.4, -0.2) is 24.6 Å². The van der Waals surface area contributed by atoms with Crippen LogP contribution in [0.5, 0.6) is 5.75 Å². The first-order chi connectivity index (χ1) is 13.2. The molecule has 0 aromatic heterocycles. The SMILES string of the molecule is Cc1ccccc1OCCC(=O)O[C@H](C)C(=O)Nc1ccc(C(F)(F)F)cc1. The molecule has 28 heavy (non-hydrogen) atoms. The fourth-order valence-corrected chi connectivity index (χ4v) is 2.26. The average Bonchev–Trinajstić information content (AvgIpc) is 2.63. The monoisotopic (exact) mass is 395 g/mol. The van der Waals surface area contributed by atoms with Gasteiger partial charge in [-0.25, -0.2) is 0 Å². The van der Waals surface area contributed by atoms with Gasteiger partial charge in [0.05, 0.1) is 18.6 Å². The summed E-state index contributed by atoms with van der Waals surface area (Å²) in [5.41, 5.74) is 0.280. The summed E-state index contributed by atoms with van der Waals surface area (Å²) in [6, 6.07) is 11.3. The molecule has 0 saturated heterocycles. The molecule has 1 atom stereocenters. The maximum absolute atomic E-state index is 12.5. The number of anilines is 1. The molecule has 0 unspecified atom stereocenters. The Kier molecular flexibility index (Phi) is 7.03. The Bertz CT molecular complexity index is 819. The standard InChI is InChI=1S/C20H20F3NO4/c1-13-5-3-4-6-17(13)27-12-11-18(25)28-14(2)19(26)24-16-9-7-15(8-10-16)20(21,22)23/h3-10,14H,11-12H2,1-2H3,(H,24,26)/t14-/m1/s1. The summed E-state index contributed by atoms with van der Waals surface area (Å²) in [7, 11) is 0. The molecule has 0 aliphatic heterocycles. The lowest BCUT2D eigenvalue weighted by molar-refractivity contribution is -0.153. The molecule has 0 heterocycles. The smallest absolute Gasteiger partial charge is 0.416 e. The normalized spacial score (nSPS) is 12.2. The van der Waals surface area contributed by atoms with E-state index in [0.29, 0.717) is 5.75 Å². The van der Waals surface area contributed by atoms with Crippen LogP contribution in [0, 0.1) is 6.92 Å². The topological polar surface area (TPSA) is 64.6 Å². The molecule has 150 valence electrons. The van der Waals surface area contributed by atoms with Crippen LogP contribution < -0.4 is 10.1 Å². The lowest BCUT2D eigenvalue weighted by Gasteiger charge is -2.14. The minimum Gasteiger partial charge on any atom is -0.493 e. The predicted molar refractivity (Wildman–Crippen MR) is 96.9 cm³/mol. The van der Waals surface area contributed by atoms with Crippen molar-refractivity contribution in [3.8, 4) is 5.75 Å². The number of hydrogen-bond acceptors (Lipinski definition) is 4. The van der Waals surface area contributed by atoms with Crippen LogP contribution in [0.2, 0.25) is 0 Å². The molecule has 2 rings (SSSR count). The van der Waals surface area contributed by atoms with Gasteiger partial charge < -0.3 is 14.8 Å². The number of halogens is 3. The minimum absolute atomic E-state index is 0.0494. The molecule has 5 nitrogen and oxygen atoms in total. The average molecular weight is 395 g/mol. The van der Waals surface area contributed by atoms with Gasteiger partial charge in [-0.05, 0) is 49.7 Å². The van der Waals surface area contributed by atoms with Crippen molar-refractivity contribution in [2.75, 3.05) is 11.9 Å². The number of benzene rings is 2. The highest BCUT2D eigenvalue weighted by Crippen LogP contribution is 2.29. The number of ether oxygens (including phenoxy) is 2. The van der Waals surface area contributed by atoms with E-state index in [4.69, 9.17) is 9.47 Å². The van der Waals surface area contributed by atoms with Gasteiger partial charge in [0.15, 0.2) is 6.10 Å². The van der Waals surface area contributed by atoms with Gasteiger partial charge in [0.1, 0.15) is 5.75 Å². The summed E-state index contributed by atoms with van der Waals surface area (Å²) in [4.78, 5) is 23.9. The third kappa shape index (κ3) is 6.29. The Balaban J connectivity index is 1.78. The molecule has 1 amide bonds. The molecule has 0 radical (unpaired) electrons. The molecule has 0 aliphatic carbocycles. The largest absolute Gasteiger partial charge is 0.493 e. The van der Waals surface area contributed by atoms with Gasteiger partial charge in [-0.15, -0.1) is 0 Å². The predicted octanol–water partition coefficient (Wildman–Crippen LogP) is 4.35. The van der Waals surface area contributed by atoms with E-state index in [1.54, 1.807) is 6.07 Å². The molecule has 0 bridgehead atoms. The first kappa shape index (κ1) is 21.3. The van der Waals surface area contributed by atoms with Crippen LogP contribution in [0.25, 0.3) is 0 Å². The Morgan fingerprint density at radius 2 is 1.71 bits per heavy atom. The van der Waals surface area contributed by atoms with E-state index in [0.717, 1.165) is 29.8 Å². The number of rotatable bonds is 7. The van der Waals surface area contributed by atoms with Crippen molar-refractivity contribution in [1.29, 1.82) is 0 Å². The van der Waals surface area contributed by atoms with Crippen molar-refractivity contribution in [2.24, 2.45) is 0 Å². The van der Waals surface area contributed by atoms with Crippen molar-refractivity contribution in [3.63, 3.8) is 0 Å². The van der Waals surface area contributed by atoms with Gasteiger partial charge in [0.25, 0.3) is 5.91 Å². The number of nitrogens with one attached hydrogen (secondary N) is 1. The van der Waals surface area contributed by atoms with Crippen molar-refractivity contribution in [1.82, 2.24) is 0 Å². The lowest BCUT2D eigenvalue weighted by Crippen LogP contribution is -2.30. The van der Waals surface area contributed by atoms with E-state index in [-0.39, 0.29) is 18.7 Å². The number of carbonyl (C=O) groups is 2. The fourth-order valence-electron chi connectivity index (χ4n) is 2.26. The maximum atomic E-state index is 12.5. The van der Waals surface area contributed by atoms with Crippen LogP contribution in [0.4, 0.5) is 18.9 Å². The highest BCUT2D eigenvalue weighted by atomic mass is 19.4. The summed E-state index contributed by atoms with van der Waals surface area (Å²) in [5, 5.41) is 2.40. The molecule has 0 fully saturated rings. The second-order valence-corrected chi connectivity index (χ2v) is 6.06. The van der Waals surface area contributed by atoms with E-state index < -0.39 is 29.7 Å². The number of aryl methyl sites for hydroxylation is 1. The summed E-state index contributed by atoms with van der Waals surface area (Å²) in [5.74, 6) is -0.611. The third-order valence-corrected chi connectivity index (χ3v) is 3.81. The van der Waals surface area contributed by atoms with Crippen LogP contribution in [0.15, 0.2) is 48.5 Å². The Morgan fingerprint density at radius 1 is 1.07 bits per heavy atom. The van der Waals surface area contributed by atoms with Crippen LogP contribution in [-0.2, 0) is 20.5 Å². The molecular weight excluding hydrogens is 375 g/mol. The Hall–Kier alpha value is -3.03. The number of esters is 1. The highest BCUT2D eigenvalue weighted by molar-refractivity contribution is 5.95. The van der Waals surface area contributed by atoms with Gasteiger partial charge in [0, 0.05) is 5.69 Å². The second-order valence-electron chi connectivity index (χ2n) is 6.06. The van der Waals surface area contributed by atoms with Crippen molar-refractivity contribution >= 4 is 17.6 Å². The first-order valence-corrected chi connectivity index (χ1v) is 8.53. The second kappa shape index (κ2) is 9.25. The summed E-state index contributed by atoms with van der Waals surface area (Å²) in [6.07, 6.45) is -5.61. The minimum atomic E-state index is -4.45. The van der Waals surface area contributed by atoms with Gasteiger partial charge in [0.2, 0.25) is 0 Å². The molecule has 0 aliphatic rings. The van der Waals surface area contributed by atoms with Gasteiger partial charge >= 0.3 is 12.1 Å². The zero-order chi connectivity index (χ0) is 20.7. The Labute approximate surface area is 160 Å². The van der Waals surface area contributed by atoms with Crippen LogP contribution >= 0.6 is 0 Å². The molecular formula is C20H20F3NO4. The number of hydrogen-bond donors (Lipinski definition) is 1. The third-order valence-electron chi connectivity index (χ3n) is 3.81. The summed E-state index contributed by atoms with van der Waals surface area (Å²) < 4.78 is 48.1. The number of carbonyl (C=O) groups excluding carboxylic acids is 2. The van der Waals surface area contributed by atoms with Gasteiger partial charge in [-0.3, -0.25) is 9.59 Å². The lowest BCUT2D eigenvalue weighted by atomic mass is 10.2. The molecule has 0 spiro atoms. The first-order valence-electron chi connectivity index (χ1n) is 8.53. The summed E-state index contributed by atoms with van der Waals surface area (Å²) >= 11 is 0. The van der Waals surface area contributed by atoms with E-state index in [2.05, 4.69) is 5.32 Å². The zero-order valence-electron chi connectivity index (χ0n) is 15.4. The molecule has 1 N–H and O–H groups in total. The van der Waals surface area contributed by atoms with E-state index in [9.17, 15) is 22.8 Å². The van der Waals surface area contributed by atoms with Crippen molar-refractivity contribution < 1.29 is 32.2 Å². The fraction of sp³-hybridized carbons (Fsp3) is 0.300. The molecule has 2 aromatic carbocycles. The van der Waals surface area contributed by atoms with E-state index in [1.165, 1.54) is 6.92 Å².